The van der Waals surface area contributed by atoms with Gasteiger partial charge in [-0.05, 0) is 26.0 Å². The molecule has 0 aromatic carbocycles. The van der Waals surface area contributed by atoms with Gasteiger partial charge in [0.1, 0.15) is 0 Å². The maximum atomic E-state index is 11.8. The second-order valence-corrected chi connectivity index (χ2v) is 3.66. The van der Waals surface area contributed by atoms with Gasteiger partial charge in [-0.25, -0.2) is 4.79 Å². The largest absolute Gasteiger partial charge is 0.491 e. The molecule has 0 aliphatic heterocycles. The van der Waals surface area contributed by atoms with E-state index in [1.807, 2.05) is 25.3 Å². The van der Waals surface area contributed by atoms with Crippen LogP contribution in [-0.4, -0.2) is 29.2 Å². The van der Waals surface area contributed by atoms with Crippen molar-refractivity contribution in [2.75, 3.05) is 13.2 Å². The van der Waals surface area contributed by atoms with Crippen LogP contribution in [0.2, 0.25) is 0 Å². The molecule has 96 valence electrons. The lowest BCUT2D eigenvalue weighted by Crippen LogP contribution is -2.07. The second kappa shape index (κ2) is 5.44. The number of carbonyl (C=O) groups excluding carboxylic acids is 1. The highest BCUT2D eigenvalue weighted by Crippen LogP contribution is 2.27. The normalized spacial score (nSPS) is 10.3. The Bertz CT molecular complexity index is 514. The number of ether oxygens (including phenoxy) is 2. The van der Waals surface area contributed by atoms with Crippen molar-refractivity contribution in [3.63, 3.8) is 0 Å². The molecule has 0 bridgehead atoms. The van der Waals surface area contributed by atoms with Gasteiger partial charge < -0.3 is 19.4 Å². The van der Waals surface area contributed by atoms with Gasteiger partial charge in [0.05, 0.1) is 24.6 Å². The van der Waals surface area contributed by atoms with E-state index >= 15 is 0 Å². The van der Waals surface area contributed by atoms with Crippen molar-refractivity contribution in [3.8, 4) is 17.1 Å². The van der Waals surface area contributed by atoms with E-state index in [-0.39, 0.29) is 0 Å². The fourth-order valence-electron chi connectivity index (χ4n) is 1.70. The van der Waals surface area contributed by atoms with E-state index in [4.69, 9.17) is 9.47 Å². The van der Waals surface area contributed by atoms with Gasteiger partial charge in [0.2, 0.25) is 0 Å². The Morgan fingerprint density at radius 1 is 1.28 bits per heavy atom. The third-order valence-corrected chi connectivity index (χ3v) is 2.45. The Labute approximate surface area is 105 Å². The summed E-state index contributed by atoms with van der Waals surface area (Å²) in [4.78, 5) is 17.9. The zero-order chi connectivity index (χ0) is 13.0. The predicted octanol–water partition coefficient (Wildman–Crippen LogP) is 2.59. The summed E-state index contributed by atoms with van der Waals surface area (Å²) in [6.45, 7) is 4.47. The van der Waals surface area contributed by atoms with Crippen molar-refractivity contribution < 1.29 is 14.3 Å². The van der Waals surface area contributed by atoms with Gasteiger partial charge in [0.25, 0.3) is 0 Å². The minimum atomic E-state index is -0.404. The van der Waals surface area contributed by atoms with Gasteiger partial charge in [-0.3, -0.25) is 0 Å². The number of carbonyl (C=O) groups is 1. The minimum absolute atomic E-state index is 0.335. The first-order valence-electron chi connectivity index (χ1n) is 5.93. The first-order chi connectivity index (χ1) is 8.76. The van der Waals surface area contributed by atoms with Crippen molar-refractivity contribution in [1.82, 2.24) is 9.97 Å². The molecule has 0 fully saturated rings. The lowest BCUT2D eigenvalue weighted by molar-refractivity contribution is 0.0516. The number of nitrogens with one attached hydrogen (secondary N) is 2. The van der Waals surface area contributed by atoms with Gasteiger partial charge in [-0.2, -0.15) is 0 Å². The maximum absolute atomic E-state index is 11.8. The summed E-state index contributed by atoms with van der Waals surface area (Å²) in [5.74, 6) is 0.110. The van der Waals surface area contributed by atoms with Crippen molar-refractivity contribution in [2.24, 2.45) is 0 Å². The Morgan fingerprint density at radius 3 is 2.72 bits per heavy atom. The molecular formula is C13H16N2O3. The average Bonchev–Trinajstić information content (AvgIpc) is 2.97. The van der Waals surface area contributed by atoms with Gasteiger partial charge in [-0.15, -0.1) is 0 Å². The highest BCUT2D eigenvalue weighted by Gasteiger charge is 2.18. The monoisotopic (exact) mass is 248 g/mol. The molecule has 2 rings (SSSR count). The van der Waals surface area contributed by atoms with Crippen LogP contribution >= 0.6 is 0 Å². The van der Waals surface area contributed by atoms with E-state index in [2.05, 4.69) is 9.97 Å². The van der Waals surface area contributed by atoms with Gasteiger partial charge in [-0.1, -0.05) is 0 Å². The van der Waals surface area contributed by atoms with Crippen molar-refractivity contribution in [3.05, 3.63) is 30.1 Å². The SMILES string of the molecule is CCOC(=O)c1[nH]c(-c2ccc[nH]2)cc1OCC. The molecule has 0 aliphatic carbocycles. The summed E-state index contributed by atoms with van der Waals surface area (Å²) < 4.78 is 10.4. The van der Waals surface area contributed by atoms with E-state index in [9.17, 15) is 4.79 Å². The minimum Gasteiger partial charge on any atom is -0.491 e. The summed E-state index contributed by atoms with van der Waals surface area (Å²) in [7, 11) is 0. The average molecular weight is 248 g/mol. The van der Waals surface area contributed by atoms with Crippen LogP contribution in [0, 0.1) is 0 Å². The molecule has 0 atom stereocenters. The highest BCUT2D eigenvalue weighted by molar-refractivity contribution is 5.92. The maximum Gasteiger partial charge on any atom is 0.358 e. The fourth-order valence-corrected chi connectivity index (χ4v) is 1.70. The number of rotatable bonds is 5. The number of esters is 1. The first-order valence-corrected chi connectivity index (χ1v) is 5.93. The smallest absolute Gasteiger partial charge is 0.358 e. The Morgan fingerprint density at radius 2 is 2.11 bits per heavy atom. The number of hydrogen-bond acceptors (Lipinski definition) is 3. The third kappa shape index (κ3) is 2.40. The van der Waals surface area contributed by atoms with Gasteiger partial charge in [0.15, 0.2) is 11.4 Å². The Hall–Kier alpha value is -2.17. The standard InChI is InChI=1S/C13H16N2O3/c1-3-17-11-8-10(9-6-5-7-14-9)15-12(11)13(16)18-4-2/h5-8,14-15H,3-4H2,1-2H3. The van der Waals surface area contributed by atoms with Crippen molar-refractivity contribution >= 4 is 5.97 Å². The third-order valence-electron chi connectivity index (χ3n) is 2.45. The molecule has 5 heteroatoms. The molecular weight excluding hydrogens is 232 g/mol. The summed E-state index contributed by atoms with van der Waals surface area (Å²) in [5, 5.41) is 0. The van der Waals surface area contributed by atoms with Crippen LogP contribution in [-0.2, 0) is 4.74 Å². The summed E-state index contributed by atoms with van der Waals surface area (Å²) >= 11 is 0. The summed E-state index contributed by atoms with van der Waals surface area (Å²) in [6, 6.07) is 5.60. The van der Waals surface area contributed by atoms with Crippen LogP contribution in [0.15, 0.2) is 24.4 Å². The van der Waals surface area contributed by atoms with Crippen LogP contribution in [0.1, 0.15) is 24.3 Å². The van der Waals surface area contributed by atoms with Crippen LogP contribution < -0.4 is 4.74 Å². The first kappa shape index (κ1) is 12.3. The molecule has 5 nitrogen and oxygen atoms in total. The van der Waals surface area contributed by atoms with Crippen LogP contribution in [0.4, 0.5) is 0 Å². The number of aromatic nitrogens is 2. The number of hydrogen-bond donors (Lipinski definition) is 2. The lowest BCUT2D eigenvalue weighted by Gasteiger charge is -2.03. The lowest BCUT2D eigenvalue weighted by atomic mass is 10.3. The molecule has 0 amide bonds. The topological polar surface area (TPSA) is 67.1 Å². The molecule has 18 heavy (non-hydrogen) atoms. The van der Waals surface area contributed by atoms with E-state index in [0.717, 1.165) is 11.4 Å². The molecule has 0 aliphatic rings. The quantitative estimate of drug-likeness (QED) is 0.799. The number of aromatic amines is 2. The van der Waals surface area contributed by atoms with Crippen LogP contribution in [0.5, 0.6) is 5.75 Å². The van der Waals surface area contributed by atoms with Crippen LogP contribution in [0.3, 0.4) is 0 Å². The molecule has 0 unspecified atom stereocenters. The fraction of sp³-hybridized carbons (Fsp3) is 0.308. The van der Waals surface area contributed by atoms with E-state index in [0.29, 0.717) is 24.7 Å². The van der Waals surface area contributed by atoms with E-state index < -0.39 is 5.97 Å². The Balaban J connectivity index is 2.35. The highest BCUT2D eigenvalue weighted by atomic mass is 16.5. The summed E-state index contributed by atoms with van der Waals surface area (Å²) in [5.41, 5.74) is 2.04. The Kier molecular flexibility index (Phi) is 3.72. The molecule has 2 heterocycles. The molecule has 2 aromatic heterocycles. The summed E-state index contributed by atoms with van der Waals surface area (Å²) in [6.07, 6.45) is 1.82. The molecule has 0 saturated carbocycles. The number of H-pyrrole nitrogens is 2. The van der Waals surface area contributed by atoms with Gasteiger partial charge >= 0.3 is 5.97 Å². The van der Waals surface area contributed by atoms with Crippen molar-refractivity contribution in [2.45, 2.75) is 13.8 Å². The van der Waals surface area contributed by atoms with E-state index in [1.54, 1.807) is 13.0 Å². The molecule has 2 aromatic rings. The van der Waals surface area contributed by atoms with Crippen LogP contribution in [0.25, 0.3) is 11.4 Å². The molecule has 0 saturated heterocycles. The van der Waals surface area contributed by atoms with E-state index in [1.165, 1.54) is 0 Å². The molecule has 0 spiro atoms. The van der Waals surface area contributed by atoms with Gasteiger partial charge in [0, 0.05) is 12.3 Å². The zero-order valence-corrected chi connectivity index (χ0v) is 10.4. The predicted molar refractivity (Wildman–Crippen MR) is 67.7 cm³/mol. The zero-order valence-electron chi connectivity index (χ0n) is 10.4. The molecule has 2 N–H and O–H groups in total. The second-order valence-electron chi connectivity index (χ2n) is 3.66. The van der Waals surface area contributed by atoms with Crippen molar-refractivity contribution in [1.29, 1.82) is 0 Å². The molecule has 0 radical (unpaired) electrons.